The summed E-state index contributed by atoms with van der Waals surface area (Å²) in [7, 11) is 4.30. The molecule has 3 heteroatoms. The summed E-state index contributed by atoms with van der Waals surface area (Å²) in [6, 6.07) is 0.582. The van der Waals surface area contributed by atoms with Crippen molar-refractivity contribution in [2.45, 2.75) is 51.6 Å². The molecule has 0 aromatic heterocycles. The summed E-state index contributed by atoms with van der Waals surface area (Å²) in [6.45, 7) is 9.94. The van der Waals surface area contributed by atoms with Crippen LogP contribution < -0.4 is 5.73 Å². The van der Waals surface area contributed by atoms with Crippen LogP contribution in [0.5, 0.6) is 0 Å². The highest BCUT2D eigenvalue weighted by molar-refractivity contribution is 5.03. The molecule has 1 aliphatic carbocycles. The van der Waals surface area contributed by atoms with Crippen LogP contribution in [-0.4, -0.2) is 55.1 Å². The minimum absolute atomic E-state index is 0.254. The Morgan fingerprint density at radius 1 is 1.29 bits per heavy atom. The highest BCUT2D eigenvalue weighted by Crippen LogP contribution is 2.45. The number of hydrogen-bond donors (Lipinski definition) is 1. The maximum Gasteiger partial charge on any atom is 0.0360 e. The van der Waals surface area contributed by atoms with Gasteiger partial charge in [0, 0.05) is 24.7 Å². The van der Waals surface area contributed by atoms with E-state index in [1.54, 1.807) is 0 Å². The van der Waals surface area contributed by atoms with Gasteiger partial charge in [-0.15, -0.1) is 0 Å². The number of rotatable bonds is 8. The van der Waals surface area contributed by atoms with E-state index in [1.807, 2.05) is 0 Å². The molecule has 0 amide bonds. The first-order chi connectivity index (χ1) is 8.01. The molecule has 1 fully saturated rings. The summed E-state index contributed by atoms with van der Waals surface area (Å²) < 4.78 is 0. The minimum atomic E-state index is 0.254. The Bertz CT molecular complexity index is 220. The second-order valence-corrected chi connectivity index (χ2v) is 5.83. The van der Waals surface area contributed by atoms with Crippen LogP contribution in [0, 0.1) is 5.92 Å². The number of likely N-dealkylation sites (N-methyl/N-ethyl adjacent to an activating group) is 2. The molecule has 2 N–H and O–H groups in total. The predicted octanol–water partition coefficient (Wildman–Crippen LogP) is 1.78. The van der Waals surface area contributed by atoms with Crippen molar-refractivity contribution in [1.29, 1.82) is 0 Å². The Morgan fingerprint density at radius 3 is 2.18 bits per heavy atom. The van der Waals surface area contributed by atoms with Gasteiger partial charge >= 0.3 is 0 Å². The highest BCUT2D eigenvalue weighted by atomic mass is 15.3. The van der Waals surface area contributed by atoms with Gasteiger partial charge in [0.25, 0.3) is 0 Å². The molecule has 3 nitrogen and oxygen atoms in total. The third kappa shape index (κ3) is 3.21. The van der Waals surface area contributed by atoms with E-state index < -0.39 is 0 Å². The van der Waals surface area contributed by atoms with E-state index in [-0.39, 0.29) is 5.54 Å². The van der Waals surface area contributed by atoms with Crippen LogP contribution in [0.15, 0.2) is 0 Å². The largest absolute Gasteiger partial charge is 0.329 e. The van der Waals surface area contributed by atoms with Crippen LogP contribution in [0.25, 0.3) is 0 Å². The zero-order valence-corrected chi connectivity index (χ0v) is 12.4. The number of hydrogen-bond acceptors (Lipinski definition) is 3. The lowest BCUT2D eigenvalue weighted by Crippen LogP contribution is -2.60. The third-order valence-corrected chi connectivity index (χ3v) is 4.38. The maximum atomic E-state index is 6.15. The molecule has 1 saturated carbocycles. The first-order valence-corrected chi connectivity index (χ1v) is 7.13. The molecule has 0 saturated heterocycles. The van der Waals surface area contributed by atoms with Crippen LogP contribution in [0.2, 0.25) is 0 Å². The molecule has 0 spiro atoms. The first-order valence-electron chi connectivity index (χ1n) is 7.13. The molecule has 1 aliphatic rings. The van der Waals surface area contributed by atoms with Crippen molar-refractivity contribution < 1.29 is 0 Å². The van der Waals surface area contributed by atoms with E-state index in [9.17, 15) is 0 Å². The molecule has 0 aliphatic heterocycles. The van der Waals surface area contributed by atoms with Gasteiger partial charge in [0.05, 0.1) is 0 Å². The van der Waals surface area contributed by atoms with E-state index in [2.05, 4.69) is 44.7 Å². The second kappa shape index (κ2) is 6.17. The van der Waals surface area contributed by atoms with Crippen molar-refractivity contribution in [1.82, 2.24) is 9.80 Å². The van der Waals surface area contributed by atoms with Crippen molar-refractivity contribution in [2.75, 3.05) is 33.7 Å². The molecule has 102 valence electrons. The van der Waals surface area contributed by atoms with Crippen molar-refractivity contribution in [3.63, 3.8) is 0 Å². The molecular formula is C14H31N3. The summed E-state index contributed by atoms with van der Waals surface area (Å²) >= 11 is 0. The molecule has 2 unspecified atom stereocenters. The molecule has 0 radical (unpaired) electrons. The van der Waals surface area contributed by atoms with Crippen molar-refractivity contribution in [3.05, 3.63) is 0 Å². The van der Waals surface area contributed by atoms with Gasteiger partial charge in [-0.1, -0.05) is 13.8 Å². The van der Waals surface area contributed by atoms with Crippen molar-refractivity contribution in [3.8, 4) is 0 Å². The monoisotopic (exact) mass is 241 g/mol. The number of nitrogens with two attached hydrogens (primary N) is 1. The van der Waals surface area contributed by atoms with E-state index in [4.69, 9.17) is 5.73 Å². The predicted molar refractivity (Wildman–Crippen MR) is 75.2 cm³/mol. The Labute approximate surface area is 107 Å². The van der Waals surface area contributed by atoms with Gasteiger partial charge in [-0.05, 0) is 52.7 Å². The first kappa shape index (κ1) is 14.9. The molecule has 0 aromatic rings. The maximum absolute atomic E-state index is 6.15. The van der Waals surface area contributed by atoms with E-state index >= 15 is 0 Å². The van der Waals surface area contributed by atoms with Gasteiger partial charge in [-0.25, -0.2) is 0 Å². The van der Waals surface area contributed by atoms with Gasteiger partial charge in [-0.3, -0.25) is 4.90 Å². The molecule has 0 heterocycles. The van der Waals surface area contributed by atoms with Gasteiger partial charge in [-0.2, -0.15) is 0 Å². The molecule has 2 atom stereocenters. The second-order valence-electron chi connectivity index (χ2n) is 5.83. The highest BCUT2D eigenvalue weighted by Gasteiger charge is 2.47. The summed E-state index contributed by atoms with van der Waals surface area (Å²) in [4.78, 5) is 4.93. The Kier molecular flexibility index (Phi) is 5.42. The lowest BCUT2D eigenvalue weighted by molar-refractivity contribution is 0.0281. The van der Waals surface area contributed by atoms with Crippen molar-refractivity contribution in [2.24, 2.45) is 11.7 Å². The van der Waals surface area contributed by atoms with E-state index in [0.717, 1.165) is 25.6 Å². The fourth-order valence-electron chi connectivity index (χ4n) is 3.47. The zero-order chi connectivity index (χ0) is 13.1. The third-order valence-electron chi connectivity index (χ3n) is 4.38. The summed E-state index contributed by atoms with van der Waals surface area (Å²) in [5.41, 5.74) is 6.40. The fraction of sp³-hybridized carbons (Fsp3) is 1.00. The van der Waals surface area contributed by atoms with Gasteiger partial charge in [0.2, 0.25) is 0 Å². The lowest BCUT2D eigenvalue weighted by Gasteiger charge is -2.47. The standard InChI is InChI=1S/C14H31N3/c1-6-14(11-15,13-8-9-13)17(7-2)12(3)10-16(4)5/h12-13H,6-11,15H2,1-5H3. The van der Waals surface area contributed by atoms with Gasteiger partial charge in [0.15, 0.2) is 0 Å². The fourth-order valence-corrected chi connectivity index (χ4v) is 3.47. The molecule has 1 rings (SSSR count). The smallest absolute Gasteiger partial charge is 0.0360 e. The van der Waals surface area contributed by atoms with E-state index in [1.165, 1.54) is 19.3 Å². The quantitative estimate of drug-likeness (QED) is 0.703. The summed E-state index contributed by atoms with van der Waals surface area (Å²) in [5, 5.41) is 0. The molecule has 17 heavy (non-hydrogen) atoms. The van der Waals surface area contributed by atoms with Crippen LogP contribution in [0.3, 0.4) is 0 Å². The average Bonchev–Trinajstić information content (AvgIpc) is 3.08. The minimum Gasteiger partial charge on any atom is -0.329 e. The zero-order valence-electron chi connectivity index (χ0n) is 12.4. The average molecular weight is 241 g/mol. The van der Waals surface area contributed by atoms with Crippen LogP contribution in [0.4, 0.5) is 0 Å². The van der Waals surface area contributed by atoms with Gasteiger partial charge < -0.3 is 10.6 Å². The molecular weight excluding hydrogens is 210 g/mol. The Hall–Kier alpha value is -0.120. The summed E-state index contributed by atoms with van der Waals surface area (Å²) in [6.07, 6.45) is 3.92. The normalized spacial score (nSPS) is 21.9. The van der Waals surface area contributed by atoms with Crippen LogP contribution in [-0.2, 0) is 0 Å². The lowest BCUT2D eigenvalue weighted by atomic mass is 9.86. The Morgan fingerprint density at radius 2 is 1.88 bits per heavy atom. The van der Waals surface area contributed by atoms with Gasteiger partial charge in [0.1, 0.15) is 0 Å². The topological polar surface area (TPSA) is 32.5 Å². The Balaban J connectivity index is 2.80. The van der Waals surface area contributed by atoms with E-state index in [0.29, 0.717) is 6.04 Å². The van der Waals surface area contributed by atoms with Crippen LogP contribution >= 0.6 is 0 Å². The van der Waals surface area contributed by atoms with Crippen LogP contribution in [0.1, 0.15) is 40.0 Å². The van der Waals surface area contributed by atoms with Crippen molar-refractivity contribution >= 4 is 0 Å². The molecule has 0 aromatic carbocycles. The number of nitrogens with zero attached hydrogens (tertiary/aromatic N) is 2. The summed E-state index contributed by atoms with van der Waals surface area (Å²) in [5.74, 6) is 0.835. The molecule has 0 bridgehead atoms. The SMILES string of the molecule is CCN(C(C)CN(C)C)C(CC)(CN)C1CC1.